The minimum atomic E-state index is -1.01. The summed E-state index contributed by atoms with van der Waals surface area (Å²) in [6.45, 7) is 6.91. The third kappa shape index (κ3) is 4.62. The summed E-state index contributed by atoms with van der Waals surface area (Å²) in [4.78, 5) is 12.1. The molecule has 1 atom stereocenters. The quantitative estimate of drug-likeness (QED) is 0.740. The SMILES string of the molecule is CC(C)(O)C(C)(C)NC(=O)C(N)CCc1ccccc1. The van der Waals surface area contributed by atoms with E-state index in [0.717, 1.165) is 12.0 Å². The van der Waals surface area contributed by atoms with Gasteiger partial charge in [0.05, 0.1) is 17.2 Å². The molecular formula is C16H26N2O2. The molecule has 0 saturated heterocycles. The summed E-state index contributed by atoms with van der Waals surface area (Å²) in [6.07, 6.45) is 1.34. The molecule has 1 rings (SSSR count). The van der Waals surface area contributed by atoms with Crippen LogP contribution in [-0.2, 0) is 11.2 Å². The second-order valence-corrected chi connectivity index (χ2v) is 6.30. The van der Waals surface area contributed by atoms with E-state index in [9.17, 15) is 9.90 Å². The van der Waals surface area contributed by atoms with Gasteiger partial charge in [-0.05, 0) is 46.1 Å². The van der Waals surface area contributed by atoms with Crippen molar-refractivity contribution in [2.75, 3.05) is 0 Å². The molecule has 0 saturated carbocycles. The smallest absolute Gasteiger partial charge is 0.237 e. The molecular weight excluding hydrogens is 252 g/mol. The summed E-state index contributed by atoms with van der Waals surface area (Å²) in [6, 6.07) is 9.37. The predicted octanol–water partition coefficient (Wildman–Crippen LogP) is 1.61. The Morgan fingerprint density at radius 3 is 2.30 bits per heavy atom. The van der Waals surface area contributed by atoms with Gasteiger partial charge in [-0.2, -0.15) is 0 Å². The van der Waals surface area contributed by atoms with E-state index in [1.807, 2.05) is 30.3 Å². The lowest BCUT2D eigenvalue weighted by Crippen LogP contribution is -2.60. The molecule has 0 radical (unpaired) electrons. The molecule has 1 aromatic carbocycles. The maximum absolute atomic E-state index is 12.1. The lowest BCUT2D eigenvalue weighted by Gasteiger charge is -2.38. The Morgan fingerprint density at radius 2 is 1.80 bits per heavy atom. The maximum Gasteiger partial charge on any atom is 0.237 e. The minimum absolute atomic E-state index is 0.229. The van der Waals surface area contributed by atoms with Gasteiger partial charge in [-0.25, -0.2) is 0 Å². The normalized spacial score (nSPS) is 13.9. The maximum atomic E-state index is 12.1. The second-order valence-electron chi connectivity index (χ2n) is 6.30. The van der Waals surface area contributed by atoms with Crippen molar-refractivity contribution in [3.05, 3.63) is 35.9 Å². The summed E-state index contributed by atoms with van der Waals surface area (Å²) in [5, 5.41) is 12.8. The highest BCUT2D eigenvalue weighted by molar-refractivity contribution is 5.82. The molecule has 0 spiro atoms. The highest BCUT2D eigenvalue weighted by Crippen LogP contribution is 2.20. The minimum Gasteiger partial charge on any atom is -0.388 e. The van der Waals surface area contributed by atoms with Crippen molar-refractivity contribution in [2.24, 2.45) is 5.73 Å². The molecule has 0 aliphatic rings. The van der Waals surface area contributed by atoms with Crippen molar-refractivity contribution in [3.63, 3.8) is 0 Å². The van der Waals surface area contributed by atoms with Crippen molar-refractivity contribution in [3.8, 4) is 0 Å². The molecule has 4 nitrogen and oxygen atoms in total. The molecule has 4 N–H and O–H groups in total. The van der Waals surface area contributed by atoms with Crippen LogP contribution >= 0.6 is 0 Å². The zero-order chi connectivity index (χ0) is 15.4. The lowest BCUT2D eigenvalue weighted by molar-refractivity contribution is -0.127. The van der Waals surface area contributed by atoms with Crippen LogP contribution in [-0.4, -0.2) is 28.2 Å². The number of aryl methyl sites for hydroxylation is 1. The van der Waals surface area contributed by atoms with Crippen LogP contribution in [0.5, 0.6) is 0 Å². The summed E-state index contributed by atoms with van der Waals surface area (Å²) >= 11 is 0. The topological polar surface area (TPSA) is 75.3 Å². The van der Waals surface area contributed by atoms with Crippen molar-refractivity contribution in [1.82, 2.24) is 5.32 Å². The average molecular weight is 278 g/mol. The predicted molar refractivity (Wildman–Crippen MR) is 81.3 cm³/mol. The first-order chi connectivity index (χ1) is 9.13. The van der Waals surface area contributed by atoms with Crippen LogP contribution in [0.3, 0.4) is 0 Å². The number of carbonyl (C=O) groups excluding carboxylic acids is 1. The van der Waals surface area contributed by atoms with Crippen LogP contribution in [0.25, 0.3) is 0 Å². The third-order valence-corrected chi connectivity index (χ3v) is 3.89. The van der Waals surface area contributed by atoms with E-state index >= 15 is 0 Å². The number of amides is 1. The fourth-order valence-electron chi connectivity index (χ4n) is 1.65. The van der Waals surface area contributed by atoms with Crippen molar-refractivity contribution in [1.29, 1.82) is 0 Å². The third-order valence-electron chi connectivity index (χ3n) is 3.89. The van der Waals surface area contributed by atoms with Crippen LogP contribution < -0.4 is 11.1 Å². The van der Waals surface area contributed by atoms with Crippen molar-refractivity contribution in [2.45, 2.75) is 57.7 Å². The summed E-state index contributed by atoms with van der Waals surface area (Å²) in [5.74, 6) is -0.229. The molecule has 0 aliphatic carbocycles. The standard InChI is InChI=1S/C16H26N2O2/c1-15(2,16(3,4)20)18-14(19)13(17)11-10-12-8-6-5-7-9-12/h5-9,13,20H,10-11,17H2,1-4H3,(H,18,19). The first-order valence-electron chi connectivity index (χ1n) is 6.97. The molecule has 1 amide bonds. The van der Waals surface area contributed by atoms with Crippen LogP contribution in [0, 0.1) is 0 Å². The number of nitrogens with one attached hydrogen (secondary N) is 1. The largest absolute Gasteiger partial charge is 0.388 e. The van der Waals surface area contributed by atoms with Crippen LogP contribution in [0.15, 0.2) is 30.3 Å². The Balaban J connectivity index is 2.52. The van der Waals surface area contributed by atoms with Gasteiger partial charge < -0.3 is 16.2 Å². The van der Waals surface area contributed by atoms with Gasteiger partial charge >= 0.3 is 0 Å². The Labute approximate surface area is 121 Å². The fraction of sp³-hybridized carbons (Fsp3) is 0.562. The zero-order valence-corrected chi connectivity index (χ0v) is 12.8. The molecule has 0 heterocycles. The summed E-state index contributed by atoms with van der Waals surface area (Å²) in [5.41, 5.74) is 5.35. The van der Waals surface area contributed by atoms with Crippen molar-refractivity contribution >= 4 is 5.91 Å². The summed E-state index contributed by atoms with van der Waals surface area (Å²) < 4.78 is 0. The Kier molecular flexibility index (Phi) is 5.31. The first-order valence-corrected chi connectivity index (χ1v) is 6.97. The first kappa shape index (κ1) is 16.7. The molecule has 0 aliphatic heterocycles. The van der Waals surface area contributed by atoms with Crippen LogP contribution in [0.2, 0.25) is 0 Å². The second kappa shape index (κ2) is 6.37. The van der Waals surface area contributed by atoms with E-state index < -0.39 is 17.2 Å². The van der Waals surface area contributed by atoms with E-state index in [2.05, 4.69) is 5.32 Å². The Morgan fingerprint density at radius 1 is 1.25 bits per heavy atom. The molecule has 0 bridgehead atoms. The van der Waals surface area contributed by atoms with Crippen molar-refractivity contribution < 1.29 is 9.90 Å². The van der Waals surface area contributed by atoms with Gasteiger partial charge in [-0.15, -0.1) is 0 Å². The molecule has 112 valence electrons. The van der Waals surface area contributed by atoms with Gasteiger partial charge in [0.25, 0.3) is 0 Å². The van der Waals surface area contributed by atoms with Gasteiger partial charge in [0, 0.05) is 0 Å². The molecule has 4 heteroatoms. The molecule has 20 heavy (non-hydrogen) atoms. The number of carbonyl (C=O) groups is 1. The highest BCUT2D eigenvalue weighted by atomic mass is 16.3. The van der Waals surface area contributed by atoms with Gasteiger partial charge in [-0.3, -0.25) is 4.79 Å². The monoisotopic (exact) mass is 278 g/mol. The van der Waals surface area contributed by atoms with Gasteiger partial charge in [0.2, 0.25) is 5.91 Å². The average Bonchev–Trinajstić information content (AvgIpc) is 2.35. The number of benzene rings is 1. The Hall–Kier alpha value is -1.39. The highest BCUT2D eigenvalue weighted by Gasteiger charge is 2.37. The van der Waals surface area contributed by atoms with Crippen LogP contribution in [0.1, 0.15) is 39.7 Å². The molecule has 0 aromatic heterocycles. The Bertz CT molecular complexity index is 436. The fourth-order valence-corrected chi connectivity index (χ4v) is 1.65. The number of nitrogens with two attached hydrogens (primary N) is 1. The van der Waals surface area contributed by atoms with E-state index in [-0.39, 0.29) is 5.91 Å². The van der Waals surface area contributed by atoms with E-state index in [1.54, 1.807) is 27.7 Å². The van der Waals surface area contributed by atoms with Crippen LogP contribution in [0.4, 0.5) is 0 Å². The van der Waals surface area contributed by atoms with Gasteiger partial charge in [0.15, 0.2) is 0 Å². The van der Waals surface area contributed by atoms with Gasteiger partial charge in [-0.1, -0.05) is 30.3 Å². The molecule has 1 unspecified atom stereocenters. The van der Waals surface area contributed by atoms with Gasteiger partial charge in [0.1, 0.15) is 0 Å². The lowest BCUT2D eigenvalue weighted by atomic mass is 9.85. The van der Waals surface area contributed by atoms with E-state index in [0.29, 0.717) is 6.42 Å². The molecule has 1 aromatic rings. The number of aliphatic hydroxyl groups is 1. The number of rotatable bonds is 6. The van der Waals surface area contributed by atoms with E-state index in [4.69, 9.17) is 5.73 Å². The number of hydrogen-bond donors (Lipinski definition) is 3. The summed E-state index contributed by atoms with van der Waals surface area (Å²) in [7, 11) is 0. The number of hydrogen-bond acceptors (Lipinski definition) is 3. The zero-order valence-electron chi connectivity index (χ0n) is 12.8. The molecule has 0 fully saturated rings. The van der Waals surface area contributed by atoms with E-state index in [1.165, 1.54) is 0 Å².